The Morgan fingerprint density at radius 1 is 1.00 bits per heavy atom. The van der Waals surface area contributed by atoms with Crippen molar-refractivity contribution in [2.75, 3.05) is 0 Å². The first-order valence-corrected chi connectivity index (χ1v) is 5.85. The molecule has 0 unspecified atom stereocenters. The second-order valence-corrected chi connectivity index (χ2v) is 4.53. The van der Waals surface area contributed by atoms with Crippen molar-refractivity contribution in [2.45, 2.75) is 6.54 Å². The van der Waals surface area contributed by atoms with Crippen LogP contribution < -0.4 is 10.4 Å². The maximum absolute atomic E-state index is 11.0. The second kappa shape index (κ2) is 4.06. The summed E-state index contributed by atoms with van der Waals surface area (Å²) in [6.45, 7) is -0.0162. The number of benzene rings is 1. The van der Waals surface area contributed by atoms with Gasteiger partial charge in [0.2, 0.25) is 0 Å². The highest BCUT2D eigenvalue weighted by Crippen LogP contribution is 2.22. The van der Waals surface area contributed by atoms with E-state index in [1.165, 1.54) is 22.8 Å². The lowest BCUT2D eigenvalue weighted by molar-refractivity contribution is 0.111. The number of hydrogen-bond acceptors (Lipinski definition) is 5. The zero-order valence-electron chi connectivity index (χ0n) is 10.2. The number of phenols is 2. The molecule has 3 rings (SSSR count). The van der Waals surface area contributed by atoms with E-state index in [0.29, 0.717) is 17.7 Å². The summed E-state index contributed by atoms with van der Waals surface area (Å²) in [5.74, 6) is -1.11. The topological polar surface area (TPSA) is 103 Å². The number of hydrogen-bond donors (Lipinski definition) is 4. The molecule has 0 radical (unpaired) electrons. The number of aliphatic hydroxyl groups excluding tert-OH is 2. The number of aromatic nitrogens is 1. The zero-order chi connectivity index (χ0) is 14.4. The van der Waals surface area contributed by atoms with Crippen LogP contribution in [0.1, 0.15) is 16.2 Å². The second-order valence-electron chi connectivity index (χ2n) is 4.53. The molecule has 2 aromatic rings. The fourth-order valence-electron chi connectivity index (χ4n) is 2.35. The van der Waals surface area contributed by atoms with Crippen LogP contribution in [0.5, 0.6) is 11.5 Å². The van der Waals surface area contributed by atoms with Crippen molar-refractivity contribution in [3.63, 3.8) is 0 Å². The summed E-state index contributed by atoms with van der Waals surface area (Å²) in [6, 6.07) is 5.41. The van der Waals surface area contributed by atoms with E-state index >= 15 is 0 Å². The highest BCUT2D eigenvalue weighted by Gasteiger charge is 2.18. The minimum Gasteiger partial charge on any atom is -0.510 e. The van der Waals surface area contributed by atoms with Crippen LogP contribution in [-0.2, 0) is 6.54 Å². The third-order valence-corrected chi connectivity index (χ3v) is 3.37. The molecule has 1 aromatic heterocycles. The summed E-state index contributed by atoms with van der Waals surface area (Å²) in [4.78, 5) is 11.0. The van der Waals surface area contributed by atoms with Crippen molar-refractivity contribution >= 4 is 17.8 Å². The predicted octanol–water partition coefficient (Wildman–Crippen LogP) is 0.106. The largest absolute Gasteiger partial charge is 0.510 e. The number of carbonyl (C=O) groups excluding carboxylic acids is 1. The van der Waals surface area contributed by atoms with E-state index in [0.717, 1.165) is 0 Å². The van der Waals surface area contributed by atoms with Gasteiger partial charge in [-0.05, 0) is 24.3 Å². The number of carbonyl (C=O) groups is 1. The van der Waals surface area contributed by atoms with Crippen molar-refractivity contribution in [2.24, 2.45) is 0 Å². The number of phenolic OH excluding ortho intramolecular Hbond substituents is 2. The molecule has 0 amide bonds. The molecule has 6 nitrogen and oxygen atoms in total. The van der Waals surface area contributed by atoms with E-state index in [2.05, 4.69) is 0 Å². The average molecular weight is 273 g/mol. The summed E-state index contributed by atoms with van der Waals surface area (Å²) in [6.07, 6.45) is 0.620. The number of aromatic hydroxyl groups is 2. The minimum atomic E-state index is -0.404. The molecule has 6 heteroatoms. The van der Waals surface area contributed by atoms with Crippen molar-refractivity contribution < 1.29 is 25.2 Å². The van der Waals surface area contributed by atoms with Crippen LogP contribution in [0.2, 0.25) is 0 Å². The van der Waals surface area contributed by atoms with Gasteiger partial charge in [-0.1, -0.05) is 0 Å². The molecule has 2 heterocycles. The van der Waals surface area contributed by atoms with Crippen LogP contribution in [0.3, 0.4) is 0 Å². The average Bonchev–Trinajstić information content (AvgIpc) is 2.79. The van der Waals surface area contributed by atoms with Crippen molar-refractivity contribution in [1.29, 1.82) is 0 Å². The Morgan fingerprint density at radius 3 is 2.30 bits per heavy atom. The van der Waals surface area contributed by atoms with E-state index < -0.39 is 11.5 Å². The molecule has 0 aliphatic carbocycles. The highest BCUT2D eigenvalue weighted by atomic mass is 16.3. The first-order chi connectivity index (χ1) is 9.52. The third kappa shape index (κ3) is 1.55. The maximum atomic E-state index is 11.0. The van der Waals surface area contributed by atoms with Crippen LogP contribution in [0.4, 0.5) is 0 Å². The molecule has 0 spiro atoms. The van der Waals surface area contributed by atoms with Gasteiger partial charge in [0.25, 0.3) is 0 Å². The van der Waals surface area contributed by atoms with Crippen LogP contribution in [0.25, 0.3) is 11.5 Å². The lowest BCUT2D eigenvalue weighted by Crippen LogP contribution is -2.28. The Hall–Kier alpha value is -2.89. The fourth-order valence-corrected chi connectivity index (χ4v) is 2.35. The Morgan fingerprint density at radius 2 is 1.65 bits per heavy atom. The number of aliphatic hydroxyl groups is 2. The van der Waals surface area contributed by atoms with Gasteiger partial charge >= 0.3 is 0 Å². The SMILES string of the molecule is O=Cc1ccc2n1CC(O)=c1cc(O)c(O)cc1=C2O. The maximum Gasteiger partial charge on any atom is 0.166 e. The van der Waals surface area contributed by atoms with Gasteiger partial charge in [0.05, 0.1) is 17.9 Å². The van der Waals surface area contributed by atoms with E-state index in [1.54, 1.807) is 6.07 Å². The number of fused-ring (bicyclic) bond motifs is 2. The molecule has 4 N–H and O–H groups in total. The molecular weight excluding hydrogens is 262 g/mol. The van der Waals surface area contributed by atoms with Crippen molar-refractivity contribution in [3.8, 4) is 11.5 Å². The standard InChI is InChI=1S/C14H11NO5/c16-6-7-1-2-10-14(20)9-4-12(18)11(17)3-8(9)13(19)5-15(7)10/h1-4,6,17-20H,5H2. The van der Waals surface area contributed by atoms with Crippen LogP contribution in [0.15, 0.2) is 24.3 Å². The van der Waals surface area contributed by atoms with E-state index in [1.807, 2.05) is 0 Å². The zero-order valence-corrected chi connectivity index (χ0v) is 10.2. The Kier molecular flexibility index (Phi) is 2.47. The Balaban J connectivity index is 2.48. The lowest BCUT2D eigenvalue weighted by Gasteiger charge is -2.07. The molecule has 0 fully saturated rings. The molecule has 1 aromatic carbocycles. The molecule has 0 saturated carbocycles. The van der Waals surface area contributed by atoms with Gasteiger partial charge in [-0.2, -0.15) is 0 Å². The molecule has 1 aliphatic heterocycles. The van der Waals surface area contributed by atoms with Crippen LogP contribution in [-0.4, -0.2) is 31.3 Å². The van der Waals surface area contributed by atoms with E-state index in [4.69, 9.17) is 0 Å². The first-order valence-electron chi connectivity index (χ1n) is 5.85. The van der Waals surface area contributed by atoms with Gasteiger partial charge in [-0.15, -0.1) is 0 Å². The molecular formula is C14H11NO5. The molecule has 0 atom stereocenters. The van der Waals surface area contributed by atoms with Crippen molar-refractivity contribution in [1.82, 2.24) is 4.57 Å². The van der Waals surface area contributed by atoms with E-state index in [9.17, 15) is 25.2 Å². The molecule has 1 aliphatic rings. The highest BCUT2D eigenvalue weighted by molar-refractivity contribution is 5.75. The van der Waals surface area contributed by atoms with Gasteiger partial charge in [0.15, 0.2) is 17.8 Å². The van der Waals surface area contributed by atoms with Gasteiger partial charge in [0.1, 0.15) is 11.5 Å². The summed E-state index contributed by atoms with van der Waals surface area (Å²) in [5.41, 5.74) is 0.654. The first kappa shape index (κ1) is 12.2. The number of rotatable bonds is 1. The number of aldehydes is 1. The quantitative estimate of drug-likeness (QED) is 0.436. The van der Waals surface area contributed by atoms with Gasteiger partial charge in [0, 0.05) is 10.4 Å². The molecule has 20 heavy (non-hydrogen) atoms. The lowest BCUT2D eigenvalue weighted by atomic mass is 10.1. The van der Waals surface area contributed by atoms with Gasteiger partial charge < -0.3 is 25.0 Å². The number of nitrogens with zero attached hydrogens (tertiary/aromatic N) is 1. The molecule has 0 bridgehead atoms. The third-order valence-electron chi connectivity index (χ3n) is 3.37. The summed E-state index contributed by atoms with van der Waals surface area (Å²) in [5, 5.41) is 39.9. The smallest absolute Gasteiger partial charge is 0.166 e. The van der Waals surface area contributed by atoms with Crippen LogP contribution >= 0.6 is 0 Å². The minimum absolute atomic E-state index is 0.0162. The summed E-state index contributed by atoms with van der Waals surface area (Å²) in [7, 11) is 0. The monoisotopic (exact) mass is 273 g/mol. The Bertz CT molecular complexity index is 847. The van der Waals surface area contributed by atoms with E-state index in [-0.39, 0.29) is 28.5 Å². The molecule has 0 saturated heterocycles. The van der Waals surface area contributed by atoms with Gasteiger partial charge in [-0.3, -0.25) is 4.79 Å². The summed E-state index contributed by atoms with van der Waals surface area (Å²) < 4.78 is 1.45. The van der Waals surface area contributed by atoms with Crippen molar-refractivity contribution in [3.05, 3.63) is 46.1 Å². The predicted molar refractivity (Wildman–Crippen MR) is 70.0 cm³/mol. The van der Waals surface area contributed by atoms with Crippen LogP contribution in [0, 0.1) is 0 Å². The summed E-state index contributed by atoms with van der Waals surface area (Å²) >= 11 is 0. The molecule has 102 valence electrons. The fraction of sp³-hybridized carbons (Fsp3) is 0.0714. The normalized spacial score (nSPS) is 13.6. The van der Waals surface area contributed by atoms with Gasteiger partial charge in [-0.25, -0.2) is 0 Å². The Labute approximate surface area is 112 Å².